The summed E-state index contributed by atoms with van der Waals surface area (Å²) in [6.45, 7) is 0. The highest BCUT2D eigenvalue weighted by Crippen LogP contribution is 2.45. The van der Waals surface area contributed by atoms with E-state index in [0.717, 1.165) is 18.5 Å². The van der Waals surface area contributed by atoms with E-state index in [-0.39, 0.29) is 5.92 Å². The third-order valence-corrected chi connectivity index (χ3v) is 12.2. The van der Waals surface area contributed by atoms with E-state index in [0.29, 0.717) is 5.92 Å². The van der Waals surface area contributed by atoms with E-state index in [9.17, 15) is 0 Å². The van der Waals surface area contributed by atoms with Crippen LogP contribution in [0.4, 0.5) is 0 Å². The summed E-state index contributed by atoms with van der Waals surface area (Å²) in [5.74, 6) is 0.606. The molecule has 0 radical (unpaired) electrons. The van der Waals surface area contributed by atoms with Crippen molar-refractivity contribution in [1.82, 2.24) is 9.55 Å². The van der Waals surface area contributed by atoms with Gasteiger partial charge in [0.1, 0.15) is 0 Å². The van der Waals surface area contributed by atoms with E-state index in [1.165, 1.54) is 87.9 Å². The first-order valence-electron chi connectivity index (χ1n) is 20.1. The number of allylic oxidation sites excluding steroid dienone is 8. The van der Waals surface area contributed by atoms with Crippen molar-refractivity contribution in [1.29, 1.82) is 0 Å². The fourth-order valence-electron chi connectivity index (χ4n) is 9.49. The molecule has 0 saturated carbocycles. The van der Waals surface area contributed by atoms with Crippen molar-refractivity contribution in [2.75, 3.05) is 0 Å². The standard InChI is InChI=1S/C55H40N2/c1-4-14-37(15-5-1)54-46-24-10-11-25-47(46)55(38-16-6-2-7-17-38)50-35-43(26-28-48(50)54)41-20-12-18-39(32-41)40-19-13-21-42(33-40)44-27-29-52-49(34-44)51-36-56-31-30-53(51)57(52)45-22-8-3-9-23-45/h1-14,16-32,34-37,42H,15,33H2. The molecule has 2 heterocycles. The average molecular weight is 729 g/mol. The summed E-state index contributed by atoms with van der Waals surface area (Å²) in [5, 5.41) is 7.71. The van der Waals surface area contributed by atoms with Crippen LogP contribution in [0.25, 0.3) is 76.9 Å². The lowest BCUT2D eigenvalue weighted by Crippen LogP contribution is -2.01. The quantitative estimate of drug-likeness (QED) is 0.156. The van der Waals surface area contributed by atoms with Crippen LogP contribution in [0, 0.1) is 0 Å². The van der Waals surface area contributed by atoms with Gasteiger partial charge in [-0.25, -0.2) is 0 Å². The molecule has 2 aliphatic rings. The van der Waals surface area contributed by atoms with Gasteiger partial charge >= 0.3 is 0 Å². The van der Waals surface area contributed by atoms with Crippen molar-refractivity contribution >= 4 is 48.9 Å². The van der Waals surface area contributed by atoms with E-state index in [1.54, 1.807) is 0 Å². The molecule has 7 aromatic carbocycles. The number of para-hydroxylation sites is 1. The zero-order chi connectivity index (χ0) is 37.7. The normalized spacial score (nSPS) is 16.5. The van der Waals surface area contributed by atoms with Crippen LogP contribution in [0.5, 0.6) is 0 Å². The first kappa shape index (κ1) is 33.3. The molecule has 2 nitrogen and oxygen atoms in total. The topological polar surface area (TPSA) is 17.8 Å². The lowest BCUT2D eigenvalue weighted by atomic mass is 9.81. The van der Waals surface area contributed by atoms with Crippen LogP contribution in [0.3, 0.4) is 0 Å². The Bertz CT molecular complexity index is 3120. The van der Waals surface area contributed by atoms with Crippen LogP contribution in [-0.2, 0) is 0 Å². The Balaban J connectivity index is 0.977. The second-order valence-electron chi connectivity index (χ2n) is 15.4. The van der Waals surface area contributed by atoms with Gasteiger partial charge in [0, 0.05) is 40.7 Å². The van der Waals surface area contributed by atoms with Crippen LogP contribution in [-0.4, -0.2) is 9.55 Å². The van der Waals surface area contributed by atoms with Crippen molar-refractivity contribution in [3.63, 3.8) is 0 Å². The average Bonchev–Trinajstić information content (AvgIpc) is 3.62. The molecule has 2 aromatic heterocycles. The van der Waals surface area contributed by atoms with Gasteiger partial charge in [-0.1, -0.05) is 152 Å². The van der Waals surface area contributed by atoms with Gasteiger partial charge in [-0.05, 0) is 121 Å². The summed E-state index contributed by atoms with van der Waals surface area (Å²) in [4.78, 5) is 4.53. The van der Waals surface area contributed by atoms with Crippen molar-refractivity contribution < 1.29 is 0 Å². The van der Waals surface area contributed by atoms with Crippen LogP contribution < -0.4 is 0 Å². The van der Waals surface area contributed by atoms with Crippen LogP contribution in [0.1, 0.15) is 41.4 Å². The Hall–Kier alpha value is -7.03. The van der Waals surface area contributed by atoms with Crippen molar-refractivity contribution in [3.8, 4) is 27.9 Å². The second-order valence-corrected chi connectivity index (χ2v) is 15.4. The molecule has 0 saturated heterocycles. The van der Waals surface area contributed by atoms with Crippen molar-refractivity contribution in [2.45, 2.75) is 24.7 Å². The highest BCUT2D eigenvalue weighted by atomic mass is 15.0. The van der Waals surface area contributed by atoms with Gasteiger partial charge in [0.25, 0.3) is 0 Å². The minimum atomic E-state index is 0.273. The first-order valence-corrected chi connectivity index (χ1v) is 20.1. The maximum absolute atomic E-state index is 4.53. The molecule has 270 valence electrons. The van der Waals surface area contributed by atoms with Gasteiger partial charge in [0.15, 0.2) is 0 Å². The fourth-order valence-corrected chi connectivity index (χ4v) is 9.49. The summed E-state index contributed by atoms with van der Waals surface area (Å²) in [6, 6.07) is 56.0. The number of pyridine rings is 1. The lowest BCUT2D eigenvalue weighted by Gasteiger charge is -2.23. The molecule has 2 atom stereocenters. The van der Waals surface area contributed by atoms with Gasteiger partial charge in [-0.3, -0.25) is 4.98 Å². The van der Waals surface area contributed by atoms with E-state index in [4.69, 9.17) is 0 Å². The van der Waals surface area contributed by atoms with Crippen molar-refractivity contribution in [3.05, 3.63) is 223 Å². The predicted octanol–water partition coefficient (Wildman–Crippen LogP) is 14.5. The van der Waals surface area contributed by atoms with Gasteiger partial charge in [-0.15, -0.1) is 0 Å². The molecule has 0 aliphatic heterocycles. The largest absolute Gasteiger partial charge is 0.309 e. The summed E-state index contributed by atoms with van der Waals surface area (Å²) >= 11 is 0. The molecule has 9 aromatic rings. The monoisotopic (exact) mass is 728 g/mol. The minimum absolute atomic E-state index is 0.273. The lowest BCUT2D eigenvalue weighted by molar-refractivity contribution is 0.869. The van der Waals surface area contributed by atoms with Gasteiger partial charge < -0.3 is 4.57 Å². The molecule has 2 heteroatoms. The summed E-state index contributed by atoms with van der Waals surface area (Å²) in [6.07, 6.45) is 21.8. The number of hydrogen-bond donors (Lipinski definition) is 0. The molecule has 11 rings (SSSR count). The Morgan fingerprint density at radius 2 is 1.23 bits per heavy atom. The number of hydrogen-bond acceptors (Lipinski definition) is 1. The van der Waals surface area contributed by atoms with E-state index >= 15 is 0 Å². The molecular formula is C55H40N2. The summed E-state index contributed by atoms with van der Waals surface area (Å²) in [5.41, 5.74) is 13.9. The maximum atomic E-state index is 4.53. The third kappa shape index (κ3) is 5.76. The van der Waals surface area contributed by atoms with Crippen molar-refractivity contribution in [2.24, 2.45) is 0 Å². The first-order chi connectivity index (χ1) is 28.3. The molecular weight excluding hydrogens is 689 g/mol. The second kappa shape index (κ2) is 13.9. The highest BCUT2D eigenvalue weighted by molar-refractivity contribution is 6.16. The molecule has 0 fully saturated rings. The SMILES string of the molecule is C1=CCC(c2c3ccccc3c(-c3ccccc3)c3cc(-c4cccc(C5=CC=CC(c6ccc7c(c6)c6cnccc6n7-c6ccccc6)C5)c4)ccc23)C=C1. The smallest absolute Gasteiger partial charge is 0.0571 e. The van der Waals surface area contributed by atoms with Gasteiger partial charge in [-0.2, -0.15) is 0 Å². The minimum Gasteiger partial charge on any atom is -0.309 e. The van der Waals surface area contributed by atoms with E-state index in [1.807, 2.05) is 12.4 Å². The molecule has 2 unspecified atom stereocenters. The predicted molar refractivity (Wildman–Crippen MR) is 241 cm³/mol. The number of fused-ring (bicyclic) bond motifs is 5. The Kier molecular flexibility index (Phi) is 8.14. The Morgan fingerprint density at radius 1 is 0.491 bits per heavy atom. The highest BCUT2D eigenvalue weighted by Gasteiger charge is 2.22. The molecule has 0 bridgehead atoms. The Labute approximate surface area is 333 Å². The van der Waals surface area contributed by atoms with Crippen LogP contribution >= 0.6 is 0 Å². The number of aromatic nitrogens is 2. The molecule has 0 spiro atoms. The van der Waals surface area contributed by atoms with E-state index in [2.05, 4.69) is 204 Å². The summed E-state index contributed by atoms with van der Waals surface area (Å²) in [7, 11) is 0. The van der Waals surface area contributed by atoms with Gasteiger partial charge in [0.2, 0.25) is 0 Å². The number of rotatable bonds is 6. The van der Waals surface area contributed by atoms with Crippen LogP contribution in [0.2, 0.25) is 0 Å². The Morgan fingerprint density at radius 3 is 2.09 bits per heavy atom. The zero-order valence-corrected chi connectivity index (χ0v) is 31.6. The van der Waals surface area contributed by atoms with Crippen LogP contribution in [0.15, 0.2) is 207 Å². The number of benzene rings is 7. The molecule has 0 N–H and O–H groups in total. The summed E-state index contributed by atoms with van der Waals surface area (Å²) < 4.78 is 2.35. The zero-order valence-electron chi connectivity index (χ0n) is 31.6. The fraction of sp³-hybridized carbons (Fsp3) is 0.0727. The number of nitrogens with zero attached hydrogens (tertiary/aromatic N) is 2. The van der Waals surface area contributed by atoms with Gasteiger partial charge in [0.05, 0.1) is 11.0 Å². The molecule has 2 aliphatic carbocycles. The third-order valence-electron chi connectivity index (χ3n) is 12.2. The molecule has 0 amide bonds. The molecule has 57 heavy (non-hydrogen) atoms. The van der Waals surface area contributed by atoms with E-state index < -0.39 is 0 Å². The maximum Gasteiger partial charge on any atom is 0.0571 e.